The first kappa shape index (κ1) is 14.4. The third-order valence-electron chi connectivity index (χ3n) is 2.10. The van der Waals surface area contributed by atoms with E-state index < -0.39 is 0 Å². The molecule has 0 fully saturated rings. The molecule has 94 valence electrons. The summed E-state index contributed by atoms with van der Waals surface area (Å²) in [5.41, 5.74) is 6.71. The van der Waals surface area contributed by atoms with Gasteiger partial charge in [-0.15, -0.1) is 35.1 Å². The van der Waals surface area contributed by atoms with E-state index in [1.165, 1.54) is 21.9 Å². The quantitative estimate of drug-likeness (QED) is 0.829. The van der Waals surface area contributed by atoms with Gasteiger partial charge in [-0.25, -0.2) is 9.97 Å². The summed E-state index contributed by atoms with van der Waals surface area (Å²) in [5.74, 6) is 0. The van der Waals surface area contributed by atoms with Gasteiger partial charge in [0.05, 0.1) is 10.7 Å². The highest BCUT2D eigenvalue weighted by molar-refractivity contribution is 7.15. The summed E-state index contributed by atoms with van der Waals surface area (Å²) in [7, 11) is 0. The Bertz CT molecular complexity index is 412. The highest BCUT2D eigenvalue weighted by Gasteiger charge is 2.00. The Morgan fingerprint density at radius 1 is 1.47 bits per heavy atom. The smallest absolute Gasteiger partial charge is 0.180 e. The number of thiazole rings is 2. The highest BCUT2D eigenvalue weighted by atomic mass is 35.5. The van der Waals surface area contributed by atoms with Crippen molar-refractivity contribution in [2.75, 3.05) is 12.3 Å². The Labute approximate surface area is 115 Å². The van der Waals surface area contributed by atoms with Gasteiger partial charge in [0.25, 0.3) is 0 Å². The average molecular weight is 291 g/mol. The Balaban J connectivity index is 0.00000144. The number of nitrogen functional groups attached to an aromatic ring is 1. The number of nitrogens with one attached hydrogen (secondary N) is 1. The molecule has 4 nitrogen and oxygen atoms in total. The van der Waals surface area contributed by atoms with E-state index in [-0.39, 0.29) is 12.4 Å². The van der Waals surface area contributed by atoms with E-state index in [1.807, 2.05) is 13.1 Å². The topological polar surface area (TPSA) is 63.8 Å². The lowest BCUT2D eigenvalue weighted by Gasteiger charge is -2.00. The first-order valence-electron chi connectivity index (χ1n) is 5.06. The lowest BCUT2D eigenvalue weighted by atomic mass is 10.3. The molecule has 0 spiro atoms. The number of rotatable bonds is 5. The highest BCUT2D eigenvalue weighted by Crippen LogP contribution is 2.13. The van der Waals surface area contributed by atoms with Crippen LogP contribution >= 0.6 is 35.1 Å². The lowest BCUT2D eigenvalue weighted by molar-refractivity contribution is 0.686. The van der Waals surface area contributed by atoms with Crippen molar-refractivity contribution in [3.63, 3.8) is 0 Å². The second-order valence-corrected chi connectivity index (χ2v) is 5.66. The molecule has 17 heavy (non-hydrogen) atoms. The molecule has 0 bridgehead atoms. The molecule has 0 amide bonds. The van der Waals surface area contributed by atoms with Crippen LogP contribution in [0.3, 0.4) is 0 Å². The van der Waals surface area contributed by atoms with E-state index in [9.17, 15) is 0 Å². The van der Waals surface area contributed by atoms with Crippen LogP contribution in [-0.2, 0) is 13.0 Å². The van der Waals surface area contributed by atoms with Crippen LogP contribution in [0.2, 0.25) is 0 Å². The van der Waals surface area contributed by atoms with Crippen molar-refractivity contribution in [3.05, 3.63) is 27.2 Å². The van der Waals surface area contributed by atoms with E-state index >= 15 is 0 Å². The molecule has 0 aromatic carbocycles. The van der Waals surface area contributed by atoms with E-state index in [4.69, 9.17) is 5.73 Å². The van der Waals surface area contributed by atoms with Gasteiger partial charge in [-0.2, -0.15) is 0 Å². The first-order valence-corrected chi connectivity index (χ1v) is 6.75. The van der Waals surface area contributed by atoms with Gasteiger partial charge in [0, 0.05) is 36.0 Å². The zero-order chi connectivity index (χ0) is 11.4. The zero-order valence-electron chi connectivity index (χ0n) is 9.47. The summed E-state index contributed by atoms with van der Waals surface area (Å²) in [6.45, 7) is 3.79. The second kappa shape index (κ2) is 6.90. The molecule has 0 atom stereocenters. The van der Waals surface area contributed by atoms with E-state index in [0.29, 0.717) is 5.13 Å². The largest absolute Gasteiger partial charge is 0.375 e. The van der Waals surface area contributed by atoms with Crippen molar-refractivity contribution in [1.29, 1.82) is 0 Å². The molecule has 0 unspecified atom stereocenters. The number of hydrogen-bond acceptors (Lipinski definition) is 6. The van der Waals surface area contributed by atoms with E-state index in [1.54, 1.807) is 11.3 Å². The molecule has 3 N–H and O–H groups in total. The van der Waals surface area contributed by atoms with Gasteiger partial charge >= 0.3 is 0 Å². The summed E-state index contributed by atoms with van der Waals surface area (Å²) in [6.07, 6.45) is 2.79. The number of hydrogen-bond donors (Lipinski definition) is 2. The predicted octanol–water partition coefficient (Wildman–Crippen LogP) is 2.24. The Kier molecular flexibility index (Phi) is 5.84. The molecule has 2 heterocycles. The van der Waals surface area contributed by atoms with Gasteiger partial charge in [-0.05, 0) is 6.92 Å². The van der Waals surface area contributed by atoms with Crippen molar-refractivity contribution in [1.82, 2.24) is 15.3 Å². The van der Waals surface area contributed by atoms with Crippen LogP contribution in [0, 0.1) is 6.92 Å². The van der Waals surface area contributed by atoms with Crippen molar-refractivity contribution >= 4 is 40.2 Å². The van der Waals surface area contributed by atoms with E-state index in [0.717, 1.165) is 24.5 Å². The fraction of sp³-hybridized carbons (Fsp3) is 0.400. The lowest BCUT2D eigenvalue weighted by Crippen LogP contribution is -2.16. The molecule has 0 aliphatic carbocycles. The first-order chi connectivity index (χ1) is 7.74. The monoisotopic (exact) mass is 290 g/mol. The molecule has 0 aliphatic rings. The summed E-state index contributed by atoms with van der Waals surface area (Å²) in [4.78, 5) is 9.58. The van der Waals surface area contributed by atoms with Crippen LogP contribution in [0.5, 0.6) is 0 Å². The van der Waals surface area contributed by atoms with Gasteiger partial charge in [-0.3, -0.25) is 0 Å². The number of halogens is 1. The maximum atomic E-state index is 5.55. The summed E-state index contributed by atoms with van der Waals surface area (Å²) >= 11 is 3.23. The summed E-state index contributed by atoms with van der Waals surface area (Å²) in [5, 5.41) is 7.23. The van der Waals surface area contributed by atoms with Crippen LogP contribution in [0.15, 0.2) is 11.6 Å². The van der Waals surface area contributed by atoms with Crippen LogP contribution < -0.4 is 11.1 Å². The molecule has 0 radical (unpaired) electrons. The molecule has 0 saturated heterocycles. The molecule has 0 saturated carbocycles. The Hall–Kier alpha value is -0.690. The second-order valence-electron chi connectivity index (χ2n) is 3.45. The van der Waals surface area contributed by atoms with Gasteiger partial charge in [0.15, 0.2) is 5.13 Å². The van der Waals surface area contributed by atoms with Gasteiger partial charge in [0.2, 0.25) is 0 Å². The average Bonchev–Trinajstić information content (AvgIpc) is 2.83. The van der Waals surface area contributed by atoms with Crippen LogP contribution in [0.25, 0.3) is 0 Å². The minimum atomic E-state index is 0. The normalized spacial score (nSPS) is 10.2. The maximum Gasteiger partial charge on any atom is 0.180 e. The fourth-order valence-electron chi connectivity index (χ4n) is 1.36. The number of nitrogens with two attached hydrogens (primary N) is 1. The molecule has 7 heteroatoms. The maximum absolute atomic E-state index is 5.55. The number of aromatic nitrogens is 2. The van der Waals surface area contributed by atoms with Crippen molar-refractivity contribution in [2.24, 2.45) is 0 Å². The third-order valence-corrected chi connectivity index (χ3v) is 3.74. The van der Waals surface area contributed by atoms with Crippen LogP contribution in [0.4, 0.5) is 5.13 Å². The van der Waals surface area contributed by atoms with Gasteiger partial charge < -0.3 is 11.1 Å². The number of anilines is 1. The Morgan fingerprint density at radius 3 is 2.88 bits per heavy atom. The van der Waals surface area contributed by atoms with Crippen molar-refractivity contribution in [3.8, 4) is 0 Å². The molecular weight excluding hydrogens is 276 g/mol. The molecule has 2 rings (SSSR count). The van der Waals surface area contributed by atoms with Crippen molar-refractivity contribution in [2.45, 2.75) is 19.9 Å². The molecule has 0 aliphatic heterocycles. The van der Waals surface area contributed by atoms with Crippen molar-refractivity contribution < 1.29 is 0 Å². The molecule has 2 aromatic rings. The number of nitrogens with zero attached hydrogens (tertiary/aromatic N) is 2. The SMILES string of the molecule is Cc1nc(CCNCc2cnc(N)s2)cs1.Cl. The third kappa shape index (κ3) is 4.59. The Morgan fingerprint density at radius 2 is 2.29 bits per heavy atom. The fourth-order valence-corrected chi connectivity index (χ4v) is 2.66. The predicted molar refractivity (Wildman–Crippen MR) is 76.0 cm³/mol. The zero-order valence-corrected chi connectivity index (χ0v) is 11.9. The number of aryl methyl sites for hydroxylation is 1. The summed E-state index contributed by atoms with van der Waals surface area (Å²) in [6, 6.07) is 0. The van der Waals surface area contributed by atoms with Crippen LogP contribution in [-0.4, -0.2) is 16.5 Å². The molecular formula is C10H15ClN4S2. The van der Waals surface area contributed by atoms with Crippen LogP contribution in [0.1, 0.15) is 15.6 Å². The molecule has 2 aromatic heterocycles. The van der Waals surface area contributed by atoms with Gasteiger partial charge in [-0.1, -0.05) is 0 Å². The standard InChI is InChI=1S/C10H14N4S2.ClH/c1-7-14-8(6-15-7)2-3-12-4-9-5-13-10(11)16-9;/h5-6,12H,2-4H2,1H3,(H2,11,13);1H. The van der Waals surface area contributed by atoms with Gasteiger partial charge in [0.1, 0.15) is 0 Å². The minimum absolute atomic E-state index is 0. The van der Waals surface area contributed by atoms with E-state index in [2.05, 4.69) is 20.7 Å². The summed E-state index contributed by atoms with van der Waals surface area (Å²) < 4.78 is 0. The minimum Gasteiger partial charge on any atom is -0.375 e.